The lowest BCUT2D eigenvalue weighted by atomic mass is 9.88. The van der Waals surface area contributed by atoms with E-state index in [-0.39, 0.29) is 172 Å². The molecule has 3 saturated heterocycles. The number of amides is 8. The summed E-state index contributed by atoms with van der Waals surface area (Å²) >= 11 is 4.91. The van der Waals surface area contributed by atoms with Crippen LogP contribution in [0.4, 0.5) is 0 Å². The first-order valence-electron chi connectivity index (χ1n) is 40.7. The molecule has 0 aromatic heterocycles. The van der Waals surface area contributed by atoms with Crippen LogP contribution in [-0.4, -0.2) is 263 Å². The fourth-order valence-electron chi connectivity index (χ4n) is 13.6. The number of ether oxygens (including phenoxy) is 13. The molecule has 3 fully saturated rings. The first-order valence-corrected chi connectivity index (χ1v) is 44.0. The average Bonchev–Trinajstić information content (AvgIpc) is 0.807. The van der Waals surface area contributed by atoms with Gasteiger partial charge in [-0.1, -0.05) is 27.7 Å². The first kappa shape index (κ1) is 105. The minimum absolute atomic E-state index is 0.0254. The van der Waals surface area contributed by atoms with Crippen LogP contribution in [0.5, 0.6) is 0 Å². The van der Waals surface area contributed by atoms with Crippen molar-refractivity contribution in [3.8, 4) is 0 Å². The van der Waals surface area contributed by atoms with Gasteiger partial charge < -0.3 is 103 Å². The molecule has 0 spiro atoms. The lowest BCUT2D eigenvalue weighted by Crippen LogP contribution is -2.62. The van der Waals surface area contributed by atoms with E-state index in [4.69, 9.17) is 72.8 Å². The van der Waals surface area contributed by atoms with Crippen molar-refractivity contribution in [3.05, 3.63) is 0 Å². The summed E-state index contributed by atoms with van der Waals surface area (Å²) < 4.78 is 77.1. The number of hydrogen-bond acceptors (Lipinski definition) is 31. The van der Waals surface area contributed by atoms with Gasteiger partial charge in [0.2, 0.25) is 47.3 Å². The van der Waals surface area contributed by atoms with Gasteiger partial charge in [-0.25, -0.2) is 11.2 Å². The quantitative estimate of drug-likeness (QED) is 0.0165. The number of unbranched alkanes of at least 4 members (excludes halogenated alkanes) is 5. The highest BCUT2D eigenvalue weighted by Crippen LogP contribution is 2.33. The van der Waals surface area contributed by atoms with Gasteiger partial charge in [0.25, 0.3) is 0 Å². The lowest BCUT2D eigenvalue weighted by Gasteiger charge is -2.44. The molecule has 0 saturated carbocycles. The van der Waals surface area contributed by atoms with Crippen LogP contribution < -0.4 is 31.3 Å². The zero-order valence-electron chi connectivity index (χ0n) is 70.6. The molecule has 118 heavy (non-hydrogen) atoms. The van der Waals surface area contributed by atoms with Crippen LogP contribution >= 0.6 is 8.02 Å². The number of hydrogen-bond donors (Lipinski definition) is 6. The highest BCUT2D eigenvalue weighted by atomic mass is 32.9. The summed E-state index contributed by atoms with van der Waals surface area (Å²) in [5, 5.41) is 14.1. The standard InChI is InChI=1S/C78H128N8O29PS2/c1-14-60(112-69(102)34-33-66(99)84-118(116)117)43-80-65(98)29-15-16-31-67(100)86(37-25-35-79-64(97)30-19-23-41-104-77-71(82-51(6)88)48(3)74(110-57(12)94)62(114-77)45-107-54(9)91)39-26-38-85(68(101)32-20-24-42-105-78-72(83-52(7)89)49(4)75(111-58(13)95)63(115-78)46-108-55(10)92)36-21-17-27-59(96)28-18-22-40-103-76-70(81-50(5)87)47(2)73(109-56(11)93)61(113-76)44-106-53(8)90/h47-49,60-63,70-78,116H,14-46H2,1-13H3,(H,79,97)(H,80,98)(H,81,87)(H,82,88)(H,83,89)(H,84,99,117)/q-1/t47-,48-,49-,60?,61?,62?,63?,70?,71?,72?,73-,74-,75-,76-,77-,78-/m1/s1. The SMILES string of the molecule is CCC(CNC(=O)CCCCC(=O)N(CCCNC(=O)CCCCO[C@@H]1OC(COC(C)=O)[C@H](OC(C)=O)[C@H](C)C1NC(C)=O)CCCN(CCCCC(=O)CCCCO[C@@H]1OC(COC(C)=O)[C@H](OC(C)=O)[C@H](C)C1NC(C)=O)C(=O)CCCCO[C@@H]1OC(COC(C)=O)[C@H](OC(C)=O)[C@H](C)C1NC(C)=O)OC(=O)CCC(=O)N[S-](=P)=S. The Labute approximate surface area is 700 Å². The van der Waals surface area contributed by atoms with E-state index in [1.165, 1.54) is 62.3 Å². The van der Waals surface area contributed by atoms with Crippen LogP contribution in [-0.2, 0) is 158 Å². The molecule has 672 valence electrons. The summed E-state index contributed by atoms with van der Waals surface area (Å²) in [6, 6.07) is -2.28. The number of carbonyl (C=O) groups excluding carboxylic acids is 16. The Kier molecular flexibility index (Phi) is 51.0. The van der Waals surface area contributed by atoms with E-state index < -0.39 is 160 Å². The van der Waals surface area contributed by atoms with Crippen LogP contribution in [0.2, 0.25) is 0 Å². The maximum atomic E-state index is 14.4. The largest absolute Gasteiger partial charge is 0.463 e. The van der Waals surface area contributed by atoms with Crippen molar-refractivity contribution in [1.82, 2.24) is 41.1 Å². The summed E-state index contributed by atoms with van der Waals surface area (Å²) in [5.74, 6) is -8.43. The Morgan fingerprint density at radius 3 is 1.14 bits per heavy atom. The highest BCUT2D eigenvalue weighted by Gasteiger charge is 2.50. The monoisotopic (exact) mass is 1740 g/mol. The van der Waals surface area contributed by atoms with Crippen molar-refractivity contribution in [1.29, 1.82) is 0 Å². The third-order valence-electron chi connectivity index (χ3n) is 19.5. The maximum Gasteiger partial charge on any atom is 0.306 e. The third-order valence-corrected chi connectivity index (χ3v) is 20.5. The van der Waals surface area contributed by atoms with Gasteiger partial charge in [-0.3, -0.25) is 93.5 Å². The molecule has 0 radical (unpaired) electrons. The number of nitrogens with zero attached hydrogens (tertiary/aromatic N) is 2. The van der Waals surface area contributed by atoms with E-state index in [0.29, 0.717) is 83.5 Å². The Balaban J connectivity index is 1.78. The molecular weight excluding hydrogens is 1610 g/mol. The Hall–Kier alpha value is -7.65. The second-order valence-corrected chi connectivity index (χ2v) is 33.5. The summed E-state index contributed by atoms with van der Waals surface area (Å²) in [7, 11) is 2.17. The molecule has 16 atom stereocenters. The molecular formula is C78H128N8O29PS2-. The number of carbonyl (C=O) groups is 16. The minimum Gasteiger partial charge on any atom is -0.463 e. The molecule has 0 bridgehead atoms. The average molecular weight is 1740 g/mol. The van der Waals surface area contributed by atoms with Crippen molar-refractivity contribution in [3.63, 3.8) is 0 Å². The van der Waals surface area contributed by atoms with Crippen molar-refractivity contribution in [2.24, 2.45) is 17.8 Å². The zero-order chi connectivity index (χ0) is 88.0. The molecule has 0 aromatic rings. The molecule has 3 heterocycles. The van der Waals surface area contributed by atoms with Crippen molar-refractivity contribution in [2.45, 2.75) is 305 Å². The van der Waals surface area contributed by atoms with E-state index in [9.17, 15) is 76.7 Å². The molecule has 7 unspecified atom stereocenters. The fourth-order valence-corrected chi connectivity index (χ4v) is 14.5. The maximum absolute atomic E-state index is 14.4. The highest BCUT2D eigenvalue weighted by molar-refractivity contribution is 8.38. The van der Waals surface area contributed by atoms with Gasteiger partial charge in [0.05, 0.1) is 31.1 Å². The molecule has 0 aliphatic carbocycles. The zero-order valence-corrected chi connectivity index (χ0v) is 73.3. The Bertz CT molecular complexity index is 3340. The van der Waals surface area contributed by atoms with Crippen molar-refractivity contribution in [2.75, 3.05) is 78.9 Å². The van der Waals surface area contributed by atoms with Crippen LogP contribution in [0.3, 0.4) is 0 Å². The van der Waals surface area contributed by atoms with Gasteiger partial charge >= 0.3 is 41.8 Å². The molecule has 3 rings (SSSR count). The third kappa shape index (κ3) is 43.0. The van der Waals surface area contributed by atoms with Gasteiger partial charge in [-0.05, 0) is 83.5 Å². The van der Waals surface area contributed by atoms with Crippen LogP contribution in [0.25, 0.3) is 0 Å². The summed E-state index contributed by atoms with van der Waals surface area (Å²) in [6.45, 7) is 19.0. The second kappa shape index (κ2) is 57.6. The van der Waals surface area contributed by atoms with Gasteiger partial charge in [-0.15, -0.1) is 0 Å². The van der Waals surface area contributed by atoms with Crippen LogP contribution in [0.15, 0.2) is 0 Å². The van der Waals surface area contributed by atoms with E-state index >= 15 is 0 Å². The smallest absolute Gasteiger partial charge is 0.306 e. The normalized spacial score (nSPS) is 22.9. The topological polar surface area (TPSA) is 472 Å². The van der Waals surface area contributed by atoms with Crippen molar-refractivity contribution >= 4 is 123 Å². The predicted molar refractivity (Wildman–Crippen MR) is 429 cm³/mol. The summed E-state index contributed by atoms with van der Waals surface area (Å²) in [5.41, 5.74) is 0. The van der Waals surface area contributed by atoms with Gasteiger partial charge in [0.1, 0.15) is 68.3 Å². The summed E-state index contributed by atoms with van der Waals surface area (Å²) in [6.07, 6.45) is -3.89. The van der Waals surface area contributed by atoms with Gasteiger partial charge in [0.15, 0.2) is 18.9 Å². The molecule has 40 heteroatoms. The van der Waals surface area contributed by atoms with E-state index in [1.54, 1.807) is 37.5 Å². The predicted octanol–water partition coefficient (Wildman–Crippen LogP) is 3.87. The second-order valence-electron chi connectivity index (χ2n) is 29.6. The minimum atomic E-state index is -1.07. The van der Waals surface area contributed by atoms with E-state index in [0.717, 1.165) is 0 Å². The van der Waals surface area contributed by atoms with Crippen molar-refractivity contribution < 1.29 is 138 Å². The Morgan fingerprint density at radius 2 is 0.763 bits per heavy atom. The lowest BCUT2D eigenvalue weighted by molar-refractivity contribution is -0.262. The molecule has 6 N–H and O–H groups in total. The molecule has 3 aliphatic rings. The number of nitrogens with one attached hydrogen (secondary N) is 6. The number of rotatable bonds is 56. The van der Waals surface area contributed by atoms with Gasteiger partial charge in [-0.2, -0.15) is 0 Å². The molecule has 8 amide bonds. The van der Waals surface area contributed by atoms with Gasteiger partial charge in [0, 0.05) is 178 Å². The summed E-state index contributed by atoms with van der Waals surface area (Å²) in [4.78, 5) is 205. The van der Waals surface area contributed by atoms with Crippen LogP contribution in [0.1, 0.15) is 225 Å². The van der Waals surface area contributed by atoms with Crippen LogP contribution in [0, 0.1) is 17.8 Å². The molecule has 37 nitrogen and oxygen atoms in total. The number of esters is 7. The molecule has 3 aliphatic heterocycles. The number of ketones is 1. The number of Topliss-reactive ketones (excluding diaryl/α,β-unsaturated/α-hetero) is 1. The van der Waals surface area contributed by atoms with E-state index in [1.807, 2.05) is 0 Å². The fraction of sp³-hybridized carbons (Fsp3) is 0.795. The Morgan fingerprint density at radius 1 is 0.415 bits per heavy atom. The van der Waals surface area contributed by atoms with E-state index in [2.05, 4.69) is 39.3 Å². The first-order chi connectivity index (χ1) is 55.9. The molecule has 0 aromatic carbocycles.